The minimum absolute atomic E-state index is 0.00593. The summed E-state index contributed by atoms with van der Waals surface area (Å²) >= 11 is 0. The van der Waals surface area contributed by atoms with Crippen LogP contribution in [0.4, 0.5) is 8.78 Å². The van der Waals surface area contributed by atoms with E-state index < -0.39 is 32.9 Å². The highest BCUT2D eigenvalue weighted by Crippen LogP contribution is 2.35. The highest BCUT2D eigenvalue weighted by Gasteiger charge is 2.37. The maximum Gasteiger partial charge on any atom is 0.215 e. The molecule has 0 saturated heterocycles. The van der Waals surface area contributed by atoms with Crippen LogP contribution in [-0.2, 0) is 16.6 Å². The lowest BCUT2D eigenvalue weighted by molar-refractivity contribution is 0.269. The van der Waals surface area contributed by atoms with Crippen molar-refractivity contribution < 1.29 is 22.3 Å². The molecule has 3 heterocycles. The highest BCUT2D eigenvalue weighted by molar-refractivity contribution is 7.90. The van der Waals surface area contributed by atoms with Crippen molar-refractivity contribution in [3.63, 3.8) is 0 Å². The van der Waals surface area contributed by atoms with E-state index in [0.717, 1.165) is 17.2 Å². The number of aliphatic hydroxyl groups is 1. The largest absolute Gasteiger partial charge is 0.394 e. The second kappa shape index (κ2) is 9.57. The van der Waals surface area contributed by atoms with Crippen LogP contribution in [-0.4, -0.2) is 50.6 Å². The van der Waals surface area contributed by atoms with Crippen LogP contribution in [0.2, 0.25) is 0 Å². The minimum atomic E-state index is -3.50. The third-order valence-electron chi connectivity index (χ3n) is 6.81. The number of aromatic nitrogens is 4. The monoisotopic (exact) mass is 537 g/mol. The fourth-order valence-corrected chi connectivity index (χ4v) is 6.30. The number of nitrogens with zero attached hydrogens (tertiary/aromatic N) is 4. The zero-order valence-corrected chi connectivity index (χ0v) is 21.1. The van der Waals surface area contributed by atoms with Crippen LogP contribution in [0.25, 0.3) is 27.9 Å². The van der Waals surface area contributed by atoms with Gasteiger partial charge in [-0.15, -0.1) is 0 Å². The molecular formula is C27H25F2N5O3S. The van der Waals surface area contributed by atoms with Crippen molar-refractivity contribution in [2.24, 2.45) is 0 Å². The van der Waals surface area contributed by atoms with Crippen LogP contribution in [0.15, 0.2) is 67.3 Å². The van der Waals surface area contributed by atoms with Gasteiger partial charge in [0.2, 0.25) is 10.0 Å². The average molecular weight is 538 g/mol. The second-order valence-corrected chi connectivity index (χ2v) is 11.6. The van der Waals surface area contributed by atoms with Crippen molar-refractivity contribution in [2.45, 2.75) is 37.1 Å². The van der Waals surface area contributed by atoms with E-state index in [1.54, 1.807) is 23.2 Å². The van der Waals surface area contributed by atoms with Crippen LogP contribution in [0.3, 0.4) is 0 Å². The first-order valence-corrected chi connectivity index (χ1v) is 13.9. The fourth-order valence-electron chi connectivity index (χ4n) is 4.78. The number of fused-ring (bicyclic) bond motifs is 1. The molecule has 1 saturated carbocycles. The molecule has 0 spiro atoms. The molecule has 6 rings (SSSR count). The van der Waals surface area contributed by atoms with Gasteiger partial charge < -0.3 is 5.11 Å². The Morgan fingerprint density at radius 1 is 1.11 bits per heavy atom. The summed E-state index contributed by atoms with van der Waals surface area (Å²) in [5.74, 6) is -1.38. The number of nitrogens with one attached hydrogen (secondary N) is 1. The molecule has 11 heteroatoms. The number of halogens is 2. The van der Waals surface area contributed by atoms with Gasteiger partial charge in [-0.3, -0.25) is 9.08 Å². The maximum atomic E-state index is 14.7. The van der Waals surface area contributed by atoms with E-state index in [-0.39, 0.29) is 18.6 Å². The Hall–Kier alpha value is -3.67. The predicted molar refractivity (Wildman–Crippen MR) is 139 cm³/mol. The van der Waals surface area contributed by atoms with Crippen molar-refractivity contribution in [2.75, 3.05) is 6.61 Å². The number of allylic oxidation sites excluding steroid dienone is 2. The zero-order chi connectivity index (χ0) is 26.4. The minimum Gasteiger partial charge on any atom is -0.394 e. The van der Waals surface area contributed by atoms with Gasteiger partial charge in [0.1, 0.15) is 17.3 Å². The molecule has 0 bridgehead atoms. The normalized spacial score (nSPS) is 18.0. The molecule has 4 aromatic rings. The molecule has 2 aliphatic carbocycles. The average Bonchev–Trinajstić information content (AvgIpc) is 3.51. The maximum absolute atomic E-state index is 14.7. The lowest BCUT2D eigenvalue weighted by Gasteiger charge is -2.23. The third kappa shape index (κ3) is 4.80. The summed E-state index contributed by atoms with van der Waals surface area (Å²) < 4.78 is 60.1. The number of benzene rings is 1. The first-order valence-electron chi connectivity index (χ1n) is 12.3. The van der Waals surface area contributed by atoms with Gasteiger partial charge in [-0.1, -0.05) is 6.08 Å². The Morgan fingerprint density at radius 2 is 1.95 bits per heavy atom. The van der Waals surface area contributed by atoms with Gasteiger partial charge in [0.25, 0.3) is 0 Å². The van der Waals surface area contributed by atoms with Crippen LogP contribution in [0, 0.1) is 11.6 Å². The van der Waals surface area contributed by atoms with Crippen molar-refractivity contribution in [1.29, 1.82) is 0 Å². The predicted octanol–water partition coefficient (Wildman–Crippen LogP) is 3.79. The van der Waals surface area contributed by atoms with E-state index in [4.69, 9.17) is 5.11 Å². The summed E-state index contributed by atoms with van der Waals surface area (Å²) in [6, 6.07) is 6.63. The quantitative estimate of drug-likeness (QED) is 0.356. The zero-order valence-electron chi connectivity index (χ0n) is 20.3. The highest BCUT2D eigenvalue weighted by atomic mass is 32.2. The van der Waals surface area contributed by atoms with Crippen LogP contribution in [0.5, 0.6) is 0 Å². The summed E-state index contributed by atoms with van der Waals surface area (Å²) in [7, 11) is -3.50. The van der Waals surface area contributed by atoms with Gasteiger partial charge in [0.15, 0.2) is 0 Å². The molecule has 196 valence electrons. The first kappa shape index (κ1) is 24.7. The Kier molecular flexibility index (Phi) is 6.21. The number of imidazole rings is 1. The number of sulfonamides is 1. The SMILES string of the molecule is O=S(=O)(NC1C=C(c2cnc3cc(-c4cnn(CCO)c4)ccn23)C=C(c2ccc(F)cc2F)C1)C1CC1. The number of pyridine rings is 1. The molecule has 0 amide bonds. The molecule has 8 nitrogen and oxygen atoms in total. The van der Waals surface area contributed by atoms with Crippen molar-refractivity contribution >= 4 is 26.8 Å². The van der Waals surface area contributed by atoms with E-state index in [9.17, 15) is 17.2 Å². The van der Waals surface area contributed by atoms with Gasteiger partial charge in [-0.2, -0.15) is 5.10 Å². The molecule has 3 aromatic heterocycles. The fraction of sp³-hybridized carbons (Fsp3) is 0.259. The number of rotatable bonds is 8. The van der Waals surface area contributed by atoms with Gasteiger partial charge in [0.05, 0.1) is 36.5 Å². The standard InChI is InChI=1S/C27H25F2N5O3S/c28-21-1-4-24(25(29)13-21)18-9-19(11-22(10-18)32-38(36,37)23-2-3-23)26-15-30-27-12-17(5-6-34(26)27)20-14-31-33(16-20)7-8-35/h1,4-6,9,11-16,22-23,32,35H,2-3,7-8,10H2. The third-order valence-corrected chi connectivity index (χ3v) is 8.79. The Balaban J connectivity index is 1.39. The molecule has 1 fully saturated rings. The van der Waals surface area contributed by atoms with Crippen molar-refractivity contribution in [3.8, 4) is 11.1 Å². The van der Waals surface area contributed by atoms with Crippen LogP contribution >= 0.6 is 0 Å². The number of aliphatic hydroxyl groups excluding tert-OH is 1. The Bertz CT molecular complexity index is 1700. The van der Waals surface area contributed by atoms with Crippen molar-refractivity contribution in [1.82, 2.24) is 23.9 Å². The lowest BCUT2D eigenvalue weighted by atomic mass is 9.90. The molecule has 38 heavy (non-hydrogen) atoms. The summed E-state index contributed by atoms with van der Waals surface area (Å²) in [4.78, 5) is 4.55. The number of hydrogen-bond donors (Lipinski definition) is 2. The van der Waals surface area contributed by atoms with Gasteiger partial charge >= 0.3 is 0 Å². The lowest BCUT2D eigenvalue weighted by Crippen LogP contribution is -2.37. The molecule has 0 radical (unpaired) electrons. The first-order chi connectivity index (χ1) is 18.3. The molecule has 1 unspecified atom stereocenters. The summed E-state index contributed by atoms with van der Waals surface area (Å²) in [6.07, 6.45) is 12.2. The number of hydrogen-bond acceptors (Lipinski definition) is 5. The second-order valence-electron chi connectivity index (χ2n) is 9.59. The van der Waals surface area contributed by atoms with E-state index >= 15 is 0 Å². The smallest absolute Gasteiger partial charge is 0.215 e. The van der Waals surface area contributed by atoms with E-state index in [0.29, 0.717) is 41.9 Å². The van der Waals surface area contributed by atoms with Crippen LogP contribution < -0.4 is 4.72 Å². The van der Waals surface area contributed by atoms with Gasteiger partial charge in [0, 0.05) is 35.6 Å². The van der Waals surface area contributed by atoms with E-state index in [1.165, 1.54) is 12.1 Å². The van der Waals surface area contributed by atoms with Crippen LogP contribution in [0.1, 0.15) is 30.5 Å². The van der Waals surface area contributed by atoms with E-state index in [1.807, 2.05) is 35.0 Å². The topological polar surface area (TPSA) is 102 Å². The molecule has 2 aliphatic rings. The molecule has 1 aromatic carbocycles. The molecule has 1 atom stereocenters. The molecule has 2 N–H and O–H groups in total. The summed E-state index contributed by atoms with van der Waals surface area (Å²) in [5, 5.41) is 13.0. The molecule has 0 aliphatic heterocycles. The van der Waals surface area contributed by atoms with Crippen molar-refractivity contribution in [3.05, 3.63) is 90.2 Å². The Morgan fingerprint density at radius 3 is 2.71 bits per heavy atom. The van der Waals surface area contributed by atoms with E-state index in [2.05, 4.69) is 14.8 Å². The Labute approximate surface area is 218 Å². The summed E-state index contributed by atoms with van der Waals surface area (Å²) in [5.41, 5.74) is 4.61. The van der Waals surface area contributed by atoms with Gasteiger partial charge in [-0.25, -0.2) is 26.9 Å². The van der Waals surface area contributed by atoms with Gasteiger partial charge in [-0.05, 0) is 66.3 Å². The molecular weight excluding hydrogens is 512 g/mol. The summed E-state index contributed by atoms with van der Waals surface area (Å²) in [6.45, 7) is 0.396.